The minimum absolute atomic E-state index is 0.403. The number of β-amino-alcohol motifs (C(OH)–C–C–N with tert-alkyl or cyclic N) is 1. The molecule has 2 N–H and O–H groups in total. The third-order valence-electron chi connectivity index (χ3n) is 5.35. The van der Waals surface area contributed by atoms with Gasteiger partial charge in [0.15, 0.2) is 0 Å². The van der Waals surface area contributed by atoms with Crippen molar-refractivity contribution in [1.29, 1.82) is 0 Å². The summed E-state index contributed by atoms with van der Waals surface area (Å²) in [4.78, 5) is 2.48. The third kappa shape index (κ3) is 3.96. The van der Waals surface area contributed by atoms with Crippen molar-refractivity contribution in [1.82, 2.24) is 10.2 Å². The van der Waals surface area contributed by atoms with E-state index in [0.29, 0.717) is 11.5 Å². The molecule has 0 spiro atoms. The molecule has 1 saturated heterocycles. The van der Waals surface area contributed by atoms with E-state index in [0.717, 1.165) is 38.5 Å². The van der Waals surface area contributed by atoms with Crippen LogP contribution in [0.4, 0.5) is 0 Å². The molecule has 2 fully saturated rings. The highest BCUT2D eigenvalue weighted by Gasteiger charge is 2.40. The lowest BCUT2D eigenvalue weighted by Crippen LogP contribution is -2.53. The normalized spacial score (nSPS) is 38.2. The highest BCUT2D eigenvalue weighted by Crippen LogP contribution is 2.40. The van der Waals surface area contributed by atoms with Gasteiger partial charge >= 0.3 is 0 Å². The van der Waals surface area contributed by atoms with Gasteiger partial charge in [0.1, 0.15) is 0 Å². The van der Waals surface area contributed by atoms with Crippen LogP contribution in [0.2, 0.25) is 0 Å². The SMILES string of the molecule is CCCNC1C(CN2CCC(C)(O)C2)CCCC1(C)C. The van der Waals surface area contributed by atoms with Crippen LogP contribution in [0.25, 0.3) is 0 Å². The lowest BCUT2D eigenvalue weighted by molar-refractivity contribution is 0.0530. The molecule has 3 heteroatoms. The van der Waals surface area contributed by atoms with Gasteiger partial charge in [-0.3, -0.25) is 0 Å². The van der Waals surface area contributed by atoms with Crippen LogP contribution in [0, 0.1) is 11.3 Å². The molecule has 0 aromatic carbocycles. The van der Waals surface area contributed by atoms with Crippen molar-refractivity contribution in [3.8, 4) is 0 Å². The van der Waals surface area contributed by atoms with Crippen LogP contribution in [0.1, 0.15) is 59.8 Å². The zero-order valence-corrected chi connectivity index (χ0v) is 13.9. The molecule has 2 rings (SSSR count). The molecule has 1 aliphatic carbocycles. The molecule has 0 aromatic heterocycles. The lowest BCUT2D eigenvalue weighted by atomic mass is 9.67. The fourth-order valence-corrected chi connectivity index (χ4v) is 4.25. The highest BCUT2D eigenvalue weighted by molar-refractivity contribution is 4.96. The second-order valence-corrected chi connectivity index (χ2v) is 8.05. The number of likely N-dealkylation sites (tertiary alicyclic amines) is 1. The van der Waals surface area contributed by atoms with Gasteiger partial charge in [-0.1, -0.05) is 27.2 Å². The van der Waals surface area contributed by atoms with Gasteiger partial charge in [0.2, 0.25) is 0 Å². The minimum Gasteiger partial charge on any atom is -0.389 e. The Morgan fingerprint density at radius 3 is 2.60 bits per heavy atom. The summed E-state index contributed by atoms with van der Waals surface area (Å²) in [5.74, 6) is 0.735. The largest absolute Gasteiger partial charge is 0.389 e. The Hall–Kier alpha value is -0.120. The van der Waals surface area contributed by atoms with E-state index in [2.05, 4.69) is 31.0 Å². The van der Waals surface area contributed by atoms with E-state index in [1.165, 1.54) is 25.7 Å². The van der Waals surface area contributed by atoms with E-state index >= 15 is 0 Å². The maximum atomic E-state index is 10.1. The molecular weight excluding hydrogens is 248 g/mol. The van der Waals surface area contributed by atoms with Crippen LogP contribution in [0.5, 0.6) is 0 Å². The Balaban J connectivity index is 1.96. The molecule has 1 saturated carbocycles. The smallest absolute Gasteiger partial charge is 0.0758 e. The molecule has 1 heterocycles. The van der Waals surface area contributed by atoms with E-state index in [1.807, 2.05) is 6.92 Å². The summed E-state index contributed by atoms with van der Waals surface area (Å²) in [5.41, 5.74) is -0.0587. The Bertz CT molecular complexity index is 314. The van der Waals surface area contributed by atoms with Crippen LogP contribution in [-0.2, 0) is 0 Å². The Morgan fingerprint density at radius 1 is 1.25 bits per heavy atom. The molecule has 2 aliphatic rings. The zero-order valence-electron chi connectivity index (χ0n) is 13.9. The van der Waals surface area contributed by atoms with Gasteiger partial charge in [-0.25, -0.2) is 0 Å². The van der Waals surface area contributed by atoms with Crippen molar-refractivity contribution >= 4 is 0 Å². The predicted molar refractivity (Wildman–Crippen MR) is 84.9 cm³/mol. The molecule has 0 radical (unpaired) electrons. The van der Waals surface area contributed by atoms with Crippen LogP contribution in [-0.4, -0.2) is 47.8 Å². The van der Waals surface area contributed by atoms with E-state index in [-0.39, 0.29) is 0 Å². The maximum Gasteiger partial charge on any atom is 0.0758 e. The molecule has 3 unspecified atom stereocenters. The molecule has 0 aromatic rings. The number of rotatable bonds is 5. The van der Waals surface area contributed by atoms with Gasteiger partial charge in [0.25, 0.3) is 0 Å². The van der Waals surface area contributed by atoms with Crippen molar-refractivity contribution in [2.45, 2.75) is 71.4 Å². The topological polar surface area (TPSA) is 35.5 Å². The molecule has 0 amide bonds. The minimum atomic E-state index is -0.462. The third-order valence-corrected chi connectivity index (χ3v) is 5.35. The van der Waals surface area contributed by atoms with Gasteiger partial charge < -0.3 is 15.3 Å². The second kappa shape index (κ2) is 6.33. The molecule has 3 nitrogen and oxygen atoms in total. The first-order valence-electron chi connectivity index (χ1n) is 8.52. The van der Waals surface area contributed by atoms with Gasteiger partial charge in [-0.05, 0) is 50.5 Å². The van der Waals surface area contributed by atoms with E-state index in [4.69, 9.17) is 0 Å². The predicted octanol–water partition coefficient (Wildman–Crippen LogP) is 2.64. The number of aliphatic hydroxyl groups is 1. The molecule has 3 atom stereocenters. The Morgan fingerprint density at radius 2 is 2.00 bits per heavy atom. The summed E-state index contributed by atoms with van der Waals surface area (Å²) in [6.45, 7) is 13.3. The Labute approximate surface area is 125 Å². The van der Waals surface area contributed by atoms with Gasteiger partial charge in [0, 0.05) is 25.7 Å². The molecule has 118 valence electrons. The zero-order chi connectivity index (χ0) is 14.8. The first-order chi connectivity index (χ1) is 9.34. The average Bonchev–Trinajstić information content (AvgIpc) is 2.67. The van der Waals surface area contributed by atoms with E-state index < -0.39 is 5.60 Å². The molecule has 20 heavy (non-hydrogen) atoms. The van der Waals surface area contributed by atoms with Crippen LogP contribution >= 0.6 is 0 Å². The monoisotopic (exact) mass is 282 g/mol. The lowest BCUT2D eigenvalue weighted by Gasteiger charge is -2.46. The van der Waals surface area contributed by atoms with Crippen LogP contribution in [0.3, 0.4) is 0 Å². The summed E-state index contributed by atoms with van der Waals surface area (Å²) in [6, 6.07) is 0.627. The van der Waals surface area contributed by atoms with Gasteiger partial charge in [-0.2, -0.15) is 0 Å². The second-order valence-electron chi connectivity index (χ2n) is 8.05. The molecular formula is C17H34N2O. The van der Waals surface area contributed by atoms with Gasteiger partial charge in [0.05, 0.1) is 5.60 Å². The maximum absolute atomic E-state index is 10.1. The Kier molecular flexibility index (Phi) is 5.14. The first-order valence-corrected chi connectivity index (χ1v) is 8.52. The highest BCUT2D eigenvalue weighted by atomic mass is 16.3. The fourth-order valence-electron chi connectivity index (χ4n) is 4.25. The van der Waals surface area contributed by atoms with E-state index in [1.54, 1.807) is 0 Å². The first kappa shape index (κ1) is 16.3. The van der Waals surface area contributed by atoms with E-state index in [9.17, 15) is 5.11 Å². The quantitative estimate of drug-likeness (QED) is 0.814. The number of hydrogen-bond donors (Lipinski definition) is 2. The van der Waals surface area contributed by atoms with Crippen LogP contribution < -0.4 is 5.32 Å². The number of nitrogens with one attached hydrogen (secondary N) is 1. The summed E-state index contributed by atoms with van der Waals surface area (Å²) in [6.07, 6.45) is 6.16. The number of nitrogens with zero attached hydrogens (tertiary/aromatic N) is 1. The van der Waals surface area contributed by atoms with Crippen molar-refractivity contribution < 1.29 is 5.11 Å². The van der Waals surface area contributed by atoms with Crippen molar-refractivity contribution in [3.63, 3.8) is 0 Å². The fraction of sp³-hybridized carbons (Fsp3) is 1.00. The van der Waals surface area contributed by atoms with Crippen molar-refractivity contribution in [2.24, 2.45) is 11.3 Å². The summed E-state index contributed by atoms with van der Waals surface area (Å²) in [7, 11) is 0. The van der Waals surface area contributed by atoms with Crippen molar-refractivity contribution in [3.05, 3.63) is 0 Å². The van der Waals surface area contributed by atoms with Crippen molar-refractivity contribution in [2.75, 3.05) is 26.2 Å². The number of hydrogen-bond acceptors (Lipinski definition) is 3. The summed E-state index contributed by atoms with van der Waals surface area (Å²) in [5, 5.41) is 14.0. The molecule has 1 aliphatic heterocycles. The molecule has 0 bridgehead atoms. The summed E-state index contributed by atoms with van der Waals surface area (Å²) < 4.78 is 0. The standard InChI is InChI=1S/C17H34N2O/c1-5-10-18-15-14(7-6-8-16(15,2)3)12-19-11-9-17(4,20)13-19/h14-15,18,20H,5-13H2,1-4H3. The summed E-state index contributed by atoms with van der Waals surface area (Å²) >= 11 is 0. The van der Waals surface area contributed by atoms with Gasteiger partial charge in [-0.15, -0.1) is 0 Å². The average molecular weight is 282 g/mol. The van der Waals surface area contributed by atoms with Crippen LogP contribution in [0.15, 0.2) is 0 Å².